The predicted molar refractivity (Wildman–Crippen MR) is 124 cm³/mol. The summed E-state index contributed by atoms with van der Waals surface area (Å²) in [6.07, 6.45) is 1.56. The van der Waals surface area contributed by atoms with Crippen LogP contribution in [-0.2, 0) is 27.3 Å². The lowest BCUT2D eigenvalue weighted by Gasteiger charge is -2.12. The Morgan fingerprint density at radius 1 is 1.22 bits per heavy atom. The third kappa shape index (κ3) is 5.50. The molecule has 0 atom stereocenters. The van der Waals surface area contributed by atoms with Crippen LogP contribution in [0.25, 0.3) is 11.4 Å². The summed E-state index contributed by atoms with van der Waals surface area (Å²) in [6.45, 7) is 3.42. The standard InChI is InChI=1S/C25H22FN5O5/c1-15-16(2)31(13-19-4-3-11-34-19)25(20(15)12-27)28-21(32)14-35-23(33)10-9-22-29-24(30-36-22)17-5-7-18(26)8-6-17/h3-8,11H,9-10,13-14H2,1-2H3,(H,28,32). The van der Waals surface area contributed by atoms with Gasteiger partial charge >= 0.3 is 5.97 Å². The van der Waals surface area contributed by atoms with Gasteiger partial charge in [-0.25, -0.2) is 4.39 Å². The number of furan rings is 1. The molecule has 0 saturated heterocycles. The second kappa shape index (κ2) is 10.7. The highest BCUT2D eigenvalue weighted by Crippen LogP contribution is 2.27. The van der Waals surface area contributed by atoms with Crippen molar-refractivity contribution in [1.29, 1.82) is 5.26 Å². The monoisotopic (exact) mass is 491 g/mol. The van der Waals surface area contributed by atoms with Crippen LogP contribution >= 0.6 is 0 Å². The zero-order valence-electron chi connectivity index (χ0n) is 19.6. The maximum Gasteiger partial charge on any atom is 0.306 e. The van der Waals surface area contributed by atoms with Crippen molar-refractivity contribution in [3.63, 3.8) is 0 Å². The second-order valence-electron chi connectivity index (χ2n) is 7.94. The first-order chi connectivity index (χ1) is 17.4. The smallest absolute Gasteiger partial charge is 0.306 e. The van der Waals surface area contributed by atoms with Crippen molar-refractivity contribution >= 4 is 17.7 Å². The molecule has 0 aliphatic heterocycles. The van der Waals surface area contributed by atoms with E-state index in [1.807, 2.05) is 6.92 Å². The molecule has 1 amide bonds. The number of nitriles is 1. The molecule has 0 unspecified atom stereocenters. The van der Waals surface area contributed by atoms with Crippen LogP contribution in [0.4, 0.5) is 10.2 Å². The summed E-state index contributed by atoms with van der Waals surface area (Å²) in [6, 6.07) is 11.3. The van der Waals surface area contributed by atoms with Gasteiger partial charge in [-0.15, -0.1) is 0 Å². The van der Waals surface area contributed by atoms with Gasteiger partial charge < -0.3 is 23.6 Å². The average Bonchev–Trinajstić information content (AvgIpc) is 3.60. The molecule has 1 aromatic carbocycles. The number of hydrogen-bond acceptors (Lipinski definition) is 8. The summed E-state index contributed by atoms with van der Waals surface area (Å²) in [7, 11) is 0. The van der Waals surface area contributed by atoms with Crippen molar-refractivity contribution in [1.82, 2.24) is 14.7 Å². The number of aryl methyl sites for hydroxylation is 1. The first kappa shape index (κ1) is 24.4. The highest BCUT2D eigenvalue weighted by Gasteiger charge is 2.21. The molecule has 0 aliphatic rings. The van der Waals surface area contributed by atoms with Crippen molar-refractivity contribution in [2.75, 3.05) is 11.9 Å². The van der Waals surface area contributed by atoms with Gasteiger partial charge in [-0.1, -0.05) is 5.16 Å². The molecule has 1 N–H and O–H groups in total. The number of carbonyl (C=O) groups is 2. The van der Waals surface area contributed by atoms with E-state index in [-0.39, 0.29) is 30.4 Å². The van der Waals surface area contributed by atoms with Crippen LogP contribution in [0.15, 0.2) is 51.6 Å². The van der Waals surface area contributed by atoms with Crippen LogP contribution in [0.5, 0.6) is 0 Å². The fourth-order valence-electron chi connectivity index (χ4n) is 3.55. The molecule has 3 heterocycles. The van der Waals surface area contributed by atoms with Gasteiger partial charge in [0.1, 0.15) is 23.5 Å². The number of benzene rings is 1. The second-order valence-corrected chi connectivity index (χ2v) is 7.94. The summed E-state index contributed by atoms with van der Waals surface area (Å²) < 4.78 is 30.4. The third-order valence-corrected chi connectivity index (χ3v) is 5.57. The number of halogens is 1. The average molecular weight is 491 g/mol. The highest BCUT2D eigenvalue weighted by molar-refractivity contribution is 5.93. The van der Waals surface area contributed by atoms with Crippen molar-refractivity contribution in [2.24, 2.45) is 0 Å². The Bertz CT molecular complexity index is 1410. The van der Waals surface area contributed by atoms with E-state index in [0.717, 1.165) is 11.3 Å². The Hall–Kier alpha value is -4.72. The SMILES string of the molecule is Cc1c(C#N)c(NC(=O)COC(=O)CCc2nc(-c3ccc(F)cc3)no2)n(Cc2ccco2)c1C. The number of rotatable bonds is 9. The number of esters is 1. The largest absolute Gasteiger partial charge is 0.467 e. The lowest BCUT2D eigenvalue weighted by Crippen LogP contribution is -2.23. The minimum absolute atomic E-state index is 0.0884. The molecule has 36 heavy (non-hydrogen) atoms. The third-order valence-electron chi connectivity index (χ3n) is 5.57. The molecule has 0 radical (unpaired) electrons. The molecule has 10 nitrogen and oxygen atoms in total. The van der Waals surface area contributed by atoms with Crippen molar-refractivity contribution in [3.8, 4) is 17.5 Å². The van der Waals surface area contributed by atoms with Gasteiger partial charge in [-0.2, -0.15) is 10.2 Å². The number of anilines is 1. The molecule has 0 aliphatic carbocycles. The van der Waals surface area contributed by atoms with E-state index in [2.05, 4.69) is 21.5 Å². The Labute approximate surface area is 205 Å². The minimum atomic E-state index is -0.634. The number of hydrogen-bond donors (Lipinski definition) is 1. The Balaban J connectivity index is 1.32. The van der Waals surface area contributed by atoms with Crippen molar-refractivity contribution < 1.29 is 27.7 Å². The molecule has 0 bridgehead atoms. The number of nitrogens with zero attached hydrogens (tertiary/aromatic N) is 4. The normalized spacial score (nSPS) is 10.7. The summed E-state index contributed by atoms with van der Waals surface area (Å²) in [4.78, 5) is 28.8. The van der Waals surface area contributed by atoms with E-state index in [1.165, 1.54) is 24.3 Å². The fourth-order valence-corrected chi connectivity index (χ4v) is 3.55. The van der Waals surface area contributed by atoms with E-state index in [1.54, 1.807) is 29.9 Å². The van der Waals surface area contributed by atoms with Gasteiger partial charge in [-0.3, -0.25) is 9.59 Å². The molecule has 4 rings (SSSR count). The number of carbonyl (C=O) groups excluding carboxylic acids is 2. The number of ether oxygens (including phenoxy) is 1. The van der Waals surface area contributed by atoms with Crippen LogP contribution in [-0.4, -0.2) is 33.2 Å². The number of nitrogens with one attached hydrogen (secondary N) is 1. The van der Waals surface area contributed by atoms with Gasteiger partial charge in [-0.05, 0) is 55.8 Å². The molecule has 11 heteroatoms. The molecule has 0 fully saturated rings. The van der Waals surface area contributed by atoms with Crippen molar-refractivity contribution in [3.05, 3.63) is 77.0 Å². The fraction of sp³-hybridized carbons (Fsp3) is 0.240. The van der Waals surface area contributed by atoms with E-state index in [0.29, 0.717) is 29.2 Å². The lowest BCUT2D eigenvalue weighted by molar-refractivity contribution is -0.147. The van der Waals surface area contributed by atoms with Crippen LogP contribution in [0.1, 0.15) is 34.9 Å². The van der Waals surface area contributed by atoms with E-state index >= 15 is 0 Å². The first-order valence-corrected chi connectivity index (χ1v) is 11.0. The summed E-state index contributed by atoms with van der Waals surface area (Å²) in [5, 5.41) is 16.1. The van der Waals surface area contributed by atoms with Crippen LogP contribution in [0, 0.1) is 31.0 Å². The van der Waals surface area contributed by atoms with Gasteiger partial charge in [0.15, 0.2) is 6.61 Å². The Morgan fingerprint density at radius 2 is 2.00 bits per heavy atom. The quantitative estimate of drug-likeness (QED) is 0.348. The molecular formula is C25H22FN5O5. The maximum atomic E-state index is 13.1. The molecule has 184 valence electrons. The van der Waals surface area contributed by atoms with Gasteiger partial charge in [0.2, 0.25) is 11.7 Å². The van der Waals surface area contributed by atoms with Crippen LogP contribution < -0.4 is 5.32 Å². The zero-order chi connectivity index (χ0) is 25.7. The summed E-state index contributed by atoms with van der Waals surface area (Å²) >= 11 is 0. The predicted octanol–water partition coefficient (Wildman–Crippen LogP) is 3.92. The highest BCUT2D eigenvalue weighted by atomic mass is 19.1. The maximum absolute atomic E-state index is 13.1. The molecular weight excluding hydrogens is 469 g/mol. The first-order valence-electron chi connectivity index (χ1n) is 11.0. The topological polar surface area (TPSA) is 136 Å². The summed E-state index contributed by atoms with van der Waals surface area (Å²) in [5.74, 6) is -0.161. The molecule has 3 aromatic heterocycles. The Kier molecular flexibility index (Phi) is 7.25. The van der Waals surface area contributed by atoms with Gasteiger partial charge in [0.05, 0.1) is 24.8 Å². The van der Waals surface area contributed by atoms with Crippen molar-refractivity contribution in [2.45, 2.75) is 33.2 Å². The Morgan fingerprint density at radius 3 is 2.69 bits per heavy atom. The molecule has 4 aromatic rings. The van der Waals surface area contributed by atoms with Crippen LogP contribution in [0.3, 0.4) is 0 Å². The zero-order valence-corrected chi connectivity index (χ0v) is 19.6. The van der Waals surface area contributed by atoms with Crippen LogP contribution in [0.2, 0.25) is 0 Å². The molecule has 0 spiro atoms. The van der Waals surface area contributed by atoms with E-state index in [9.17, 15) is 19.2 Å². The van der Waals surface area contributed by atoms with E-state index in [4.69, 9.17) is 13.7 Å². The molecule has 0 saturated carbocycles. The van der Waals surface area contributed by atoms with E-state index < -0.39 is 18.5 Å². The summed E-state index contributed by atoms with van der Waals surface area (Å²) in [5.41, 5.74) is 2.43. The minimum Gasteiger partial charge on any atom is -0.467 e. The number of aromatic nitrogens is 3. The lowest BCUT2D eigenvalue weighted by atomic mass is 10.2. The number of amides is 1. The van der Waals surface area contributed by atoms with Gasteiger partial charge in [0, 0.05) is 17.7 Å². The van der Waals surface area contributed by atoms with Gasteiger partial charge in [0.25, 0.3) is 5.91 Å².